The van der Waals surface area contributed by atoms with Crippen molar-refractivity contribution in [3.05, 3.63) is 36.4 Å². The van der Waals surface area contributed by atoms with Crippen LogP contribution in [0.5, 0.6) is 5.88 Å². The summed E-state index contributed by atoms with van der Waals surface area (Å²) in [6, 6.07) is 12.1. The van der Waals surface area contributed by atoms with Gasteiger partial charge in [-0.15, -0.1) is 0 Å². The van der Waals surface area contributed by atoms with Gasteiger partial charge in [-0.1, -0.05) is 30.3 Å². The molecule has 1 aromatic heterocycles. The molecule has 1 fully saturated rings. The molecule has 0 radical (unpaired) electrons. The zero-order chi connectivity index (χ0) is 11.7. The molecule has 4 heteroatoms. The molecule has 88 valence electrons. The van der Waals surface area contributed by atoms with Gasteiger partial charge in [0, 0.05) is 31.8 Å². The third-order valence-corrected chi connectivity index (χ3v) is 2.94. The molecule has 0 amide bonds. The van der Waals surface area contributed by atoms with E-state index in [4.69, 9.17) is 4.74 Å². The number of ether oxygens (including phenoxy) is 1. The fraction of sp³-hybridized carbons (Fsp3) is 0.308. The van der Waals surface area contributed by atoms with E-state index in [1.54, 1.807) is 4.68 Å². The Balaban J connectivity index is 1.84. The lowest BCUT2D eigenvalue weighted by Gasteiger charge is -2.27. The molecule has 1 aliphatic rings. The lowest BCUT2D eigenvalue weighted by Crippen LogP contribution is -2.50. The minimum absolute atomic E-state index is 0.286. The van der Waals surface area contributed by atoms with Crippen molar-refractivity contribution in [1.29, 1.82) is 0 Å². The molecule has 4 nitrogen and oxygen atoms in total. The van der Waals surface area contributed by atoms with E-state index in [9.17, 15) is 0 Å². The fourth-order valence-electron chi connectivity index (χ4n) is 1.83. The predicted octanol–water partition coefficient (Wildman–Crippen LogP) is 1.44. The third-order valence-electron chi connectivity index (χ3n) is 2.94. The first-order valence-corrected chi connectivity index (χ1v) is 5.80. The number of benzene rings is 1. The molecule has 3 rings (SSSR count). The summed E-state index contributed by atoms with van der Waals surface area (Å²) < 4.78 is 7.61. The third kappa shape index (κ3) is 2.03. The van der Waals surface area contributed by atoms with Gasteiger partial charge in [0.05, 0.1) is 5.69 Å². The Morgan fingerprint density at radius 3 is 2.71 bits per heavy atom. The molecule has 17 heavy (non-hydrogen) atoms. The standard InChI is InChI=1S/C13H15N3O/c1-16-13(17-11-8-14-9-11)7-12(15-16)10-5-3-2-4-6-10/h2-7,11,14H,8-9H2,1H3. The number of nitrogens with zero attached hydrogens (tertiary/aromatic N) is 2. The van der Waals surface area contributed by atoms with Crippen molar-refractivity contribution in [2.24, 2.45) is 7.05 Å². The maximum Gasteiger partial charge on any atom is 0.212 e. The van der Waals surface area contributed by atoms with Crippen LogP contribution in [0.15, 0.2) is 36.4 Å². The molecule has 0 aliphatic carbocycles. The summed E-state index contributed by atoms with van der Waals surface area (Å²) in [6.07, 6.45) is 0.286. The Morgan fingerprint density at radius 1 is 1.29 bits per heavy atom. The largest absolute Gasteiger partial charge is 0.472 e. The summed E-state index contributed by atoms with van der Waals surface area (Å²) >= 11 is 0. The van der Waals surface area contributed by atoms with Gasteiger partial charge < -0.3 is 10.1 Å². The molecule has 0 atom stereocenters. The van der Waals surface area contributed by atoms with Crippen molar-refractivity contribution in [2.75, 3.05) is 13.1 Å². The predicted molar refractivity (Wildman–Crippen MR) is 65.9 cm³/mol. The number of rotatable bonds is 3. The highest BCUT2D eigenvalue weighted by Crippen LogP contribution is 2.23. The van der Waals surface area contributed by atoms with Crippen molar-refractivity contribution in [1.82, 2.24) is 15.1 Å². The monoisotopic (exact) mass is 229 g/mol. The second kappa shape index (κ2) is 4.22. The zero-order valence-corrected chi connectivity index (χ0v) is 9.76. The van der Waals surface area contributed by atoms with E-state index in [0.717, 1.165) is 30.2 Å². The summed E-state index contributed by atoms with van der Waals surface area (Å²) in [7, 11) is 1.91. The molecule has 1 aliphatic heterocycles. The average Bonchev–Trinajstić information content (AvgIpc) is 2.67. The molecule has 2 aromatic rings. The molecule has 0 saturated carbocycles. The SMILES string of the molecule is Cn1nc(-c2ccccc2)cc1OC1CNC1. The summed E-state index contributed by atoms with van der Waals surface area (Å²) in [5.74, 6) is 0.829. The highest BCUT2D eigenvalue weighted by molar-refractivity contribution is 5.59. The van der Waals surface area contributed by atoms with Gasteiger partial charge in [0.25, 0.3) is 0 Å². The summed E-state index contributed by atoms with van der Waals surface area (Å²) in [5.41, 5.74) is 2.07. The molecule has 1 saturated heterocycles. The van der Waals surface area contributed by atoms with E-state index in [0.29, 0.717) is 0 Å². The summed E-state index contributed by atoms with van der Waals surface area (Å²) in [5, 5.41) is 7.65. The van der Waals surface area contributed by atoms with E-state index >= 15 is 0 Å². The van der Waals surface area contributed by atoms with Gasteiger partial charge in [-0.3, -0.25) is 0 Å². The fourth-order valence-corrected chi connectivity index (χ4v) is 1.83. The molecule has 2 heterocycles. The lowest BCUT2D eigenvalue weighted by molar-refractivity contribution is 0.130. The molecular weight excluding hydrogens is 214 g/mol. The second-order valence-corrected chi connectivity index (χ2v) is 4.26. The van der Waals surface area contributed by atoms with Crippen LogP contribution in [0.4, 0.5) is 0 Å². The van der Waals surface area contributed by atoms with Crippen LogP contribution < -0.4 is 10.1 Å². The number of hydrogen-bond acceptors (Lipinski definition) is 3. The van der Waals surface area contributed by atoms with Gasteiger partial charge in [-0.2, -0.15) is 5.10 Å². The van der Waals surface area contributed by atoms with Crippen LogP contribution in [0.3, 0.4) is 0 Å². The minimum atomic E-state index is 0.286. The van der Waals surface area contributed by atoms with E-state index in [1.807, 2.05) is 31.3 Å². The topological polar surface area (TPSA) is 39.1 Å². The molecule has 1 N–H and O–H groups in total. The summed E-state index contributed by atoms with van der Waals surface area (Å²) in [6.45, 7) is 1.84. The van der Waals surface area contributed by atoms with Gasteiger partial charge in [0.1, 0.15) is 6.10 Å². The Hall–Kier alpha value is -1.81. The van der Waals surface area contributed by atoms with Crippen LogP contribution in [-0.2, 0) is 7.05 Å². The highest BCUT2D eigenvalue weighted by Gasteiger charge is 2.20. The van der Waals surface area contributed by atoms with Crippen LogP contribution in [-0.4, -0.2) is 29.0 Å². The van der Waals surface area contributed by atoms with E-state index < -0.39 is 0 Å². The Labute approximate surface area is 100 Å². The van der Waals surface area contributed by atoms with Crippen LogP contribution >= 0.6 is 0 Å². The number of aromatic nitrogens is 2. The smallest absolute Gasteiger partial charge is 0.212 e. The maximum atomic E-state index is 5.82. The second-order valence-electron chi connectivity index (χ2n) is 4.26. The Morgan fingerprint density at radius 2 is 2.06 bits per heavy atom. The van der Waals surface area contributed by atoms with Gasteiger partial charge in [0.2, 0.25) is 5.88 Å². The van der Waals surface area contributed by atoms with Crippen molar-refractivity contribution in [2.45, 2.75) is 6.10 Å². The van der Waals surface area contributed by atoms with Gasteiger partial charge >= 0.3 is 0 Å². The van der Waals surface area contributed by atoms with Crippen molar-refractivity contribution in [3.8, 4) is 17.1 Å². The van der Waals surface area contributed by atoms with E-state index in [2.05, 4.69) is 22.5 Å². The van der Waals surface area contributed by atoms with Crippen molar-refractivity contribution in [3.63, 3.8) is 0 Å². The first-order chi connectivity index (χ1) is 8.33. The van der Waals surface area contributed by atoms with Gasteiger partial charge in [-0.05, 0) is 0 Å². The average molecular weight is 229 g/mol. The van der Waals surface area contributed by atoms with Crippen LogP contribution in [0.1, 0.15) is 0 Å². The molecule has 0 bridgehead atoms. The molecule has 1 aromatic carbocycles. The molecule has 0 unspecified atom stereocenters. The van der Waals surface area contributed by atoms with Crippen LogP contribution in [0.2, 0.25) is 0 Å². The molecular formula is C13H15N3O. The van der Waals surface area contributed by atoms with Crippen LogP contribution in [0, 0.1) is 0 Å². The first-order valence-electron chi connectivity index (χ1n) is 5.80. The quantitative estimate of drug-likeness (QED) is 0.865. The highest BCUT2D eigenvalue weighted by atomic mass is 16.5. The van der Waals surface area contributed by atoms with Gasteiger partial charge in [0.15, 0.2) is 0 Å². The summed E-state index contributed by atoms with van der Waals surface area (Å²) in [4.78, 5) is 0. The minimum Gasteiger partial charge on any atom is -0.472 e. The van der Waals surface area contributed by atoms with E-state index in [1.165, 1.54) is 0 Å². The maximum absolute atomic E-state index is 5.82. The van der Waals surface area contributed by atoms with Crippen LogP contribution in [0.25, 0.3) is 11.3 Å². The molecule has 0 spiro atoms. The van der Waals surface area contributed by atoms with Gasteiger partial charge in [-0.25, -0.2) is 4.68 Å². The Bertz CT molecular complexity index is 503. The zero-order valence-electron chi connectivity index (χ0n) is 9.76. The van der Waals surface area contributed by atoms with Crippen molar-refractivity contribution >= 4 is 0 Å². The lowest BCUT2D eigenvalue weighted by atomic mass is 10.2. The number of nitrogens with one attached hydrogen (secondary N) is 1. The first kappa shape index (κ1) is 10.4. The van der Waals surface area contributed by atoms with Crippen molar-refractivity contribution < 1.29 is 4.74 Å². The Kier molecular flexibility index (Phi) is 2.57. The normalized spacial score (nSPS) is 15.6. The number of hydrogen-bond donors (Lipinski definition) is 1. The van der Waals surface area contributed by atoms with E-state index in [-0.39, 0.29) is 6.10 Å². The number of aryl methyl sites for hydroxylation is 1.